The quantitative estimate of drug-likeness (QED) is 0.125. The lowest BCUT2D eigenvalue weighted by Gasteiger charge is -2.17. The van der Waals surface area contributed by atoms with E-state index in [0.29, 0.717) is 19.0 Å². The van der Waals surface area contributed by atoms with Gasteiger partial charge in [0.15, 0.2) is 19.0 Å². The third-order valence-electron chi connectivity index (χ3n) is 7.79. The molecule has 5 rings (SSSR count). The van der Waals surface area contributed by atoms with Gasteiger partial charge in [-0.25, -0.2) is 0 Å². The first-order chi connectivity index (χ1) is 18.2. The molecule has 0 aliphatic heterocycles. The fourth-order valence-corrected chi connectivity index (χ4v) is 5.99. The minimum atomic E-state index is 0.239. The number of benzene rings is 5. The highest BCUT2D eigenvalue weighted by Gasteiger charge is 2.17. The molecule has 0 aliphatic rings. The fourth-order valence-electron chi connectivity index (χ4n) is 4.59. The van der Waals surface area contributed by atoms with Crippen molar-refractivity contribution in [3.63, 3.8) is 0 Å². The van der Waals surface area contributed by atoms with E-state index < -0.39 is 0 Å². The van der Waals surface area contributed by atoms with Crippen molar-refractivity contribution in [3.8, 4) is 22.9 Å². The van der Waals surface area contributed by atoms with Crippen LogP contribution in [0, 0.1) is 22.9 Å². The van der Waals surface area contributed by atoms with Crippen LogP contribution in [0.15, 0.2) is 72.8 Å². The lowest BCUT2D eigenvalue weighted by molar-refractivity contribution is 0.648. The Morgan fingerprint density at radius 2 is 0.921 bits per heavy atom. The molecule has 4 radical (unpaired) electrons. The van der Waals surface area contributed by atoms with Gasteiger partial charge < -0.3 is 0 Å². The van der Waals surface area contributed by atoms with E-state index in [0.717, 1.165) is 24.0 Å². The van der Waals surface area contributed by atoms with Crippen LogP contribution in [0.1, 0.15) is 65.5 Å². The summed E-state index contributed by atoms with van der Waals surface area (Å²) in [5.41, 5.74) is 9.44. The average molecular weight is 523 g/mol. The van der Waals surface area contributed by atoms with Crippen molar-refractivity contribution >= 4 is 62.1 Å². The lowest BCUT2D eigenvalue weighted by atomic mass is 9.90. The van der Waals surface area contributed by atoms with Crippen LogP contribution in [0.5, 0.6) is 0 Å². The van der Waals surface area contributed by atoms with Crippen molar-refractivity contribution < 1.29 is 0 Å². The number of hydrogen-bond acceptors (Lipinski definition) is 0. The van der Waals surface area contributed by atoms with E-state index in [9.17, 15) is 0 Å². The highest BCUT2D eigenvalue weighted by Crippen LogP contribution is 2.36. The van der Waals surface area contributed by atoms with Gasteiger partial charge >= 0.3 is 0 Å². The van der Waals surface area contributed by atoms with Crippen LogP contribution in [0.3, 0.4) is 0 Å². The SMILES string of the molecule is CCC(C)(C)[Si]C#Cc1c2ccccc2c(C#C[Si]C(C)(C)CC)c2cc3cc4ccccc4cc3cc12. The van der Waals surface area contributed by atoms with Crippen LogP contribution in [0.2, 0.25) is 10.1 Å². The fraction of sp³-hybridized carbons (Fsp3) is 0.278. The smallest absolute Gasteiger partial charge is 0.130 e. The maximum absolute atomic E-state index is 3.66. The van der Waals surface area contributed by atoms with Crippen molar-refractivity contribution in [1.29, 1.82) is 0 Å². The first-order valence-corrected chi connectivity index (χ1v) is 15.6. The van der Waals surface area contributed by atoms with Gasteiger partial charge in [0.25, 0.3) is 0 Å². The third-order valence-corrected chi connectivity index (χ3v) is 10.4. The first-order valence-electron chi connectivity index (χ1n) is 13.6. The van der Waals surface area contributed by atoms with Crippen LogP contribution in [-0.2, 0) is 0 Å². The Labute approximate surface area is 232 Å². The van der Waals surface area contributed by atoms with E-state index in [1.165, 1.54) is 43.1 Å². The maximum atomic E-state index is 3.66. The van der Waals surface area contributed by atoms with Crippen molar-refractivity contribution in [1.82, 2.24) is 0 Å². The molecular weight excluding hydrogens is 489 g/mol. The van der Waals surface area contributed by atoms with Crippen molar-refractivity contribution in [2.75, 3.05) is 0 Å². The van der Waals surface area contributed by atoms with E-state index in [4.69, 9.17) is 0 Å². The number of rotatable bonds is 4. The molecule has 2 heteroatoms. The molecule has 0 atom stereocenters. The molecule has 0 amide bonds. The van der Waals surface area contributed by atoms with Gasteiger partial charge in [0.1, 0.15) is 0 Å². The maximum Gasteiger partial charge on any atom is 0.154 e. The van der Waals surface area contributed by atoms with Crippen LogP contribution in [0.4, 0.5) is 0 Å². The summed E-state index contributed by atoms with van der Waals surface area (Å²) < 4.78 is 0. The summed E-state index contributed by atoms with van der Waals surface area (Å²) in [5.74, 6) is 7.31. The molecule has 0 heterocycles. The molecule has 0 unspecified atom stereocenters. The monoisotopic (exact) mass is 522 g/mol. The van der Waals surface area contributed by atoms with Crippen molar-refractivity contribution in [2.45, 2.75) is 64.5 Å². The zero-order chi connectivity index (χ0) is 26.9. The Morgan fingerprint density at radius 1 is 0.526 bits per heavy atom. The second-order valence-corrected chi connectivity index (χ2v) is 15.2. The highest BCUT2D eigenvalue weighted by molar-refractivity contribution is 6.50. The van der Waals surface area contributed by atoms with E-state index in [-0.39, 0.29) is 10.1 Å². The Hall–Kier alpha value is -3.31. The molecule has 0 aromatic heterocycles. The normalized spacial score (nSPS) is 11.9. The van der Waals surface area contributed by atoms with Crippen LogP contribution in [0.25, 0.3) is 43.1 Å². The molecule has 5 aromatic carbocycles. The molecule has 0 fully saturated rings. The molecule has 0 spiro atoms. The molecule has 186 valence electrons. The van der Waals surface area contributed by atoms with Gasteiger partial charge in [0, 0.05) is 11.1 Å². The molecule has 5 aromatic rings. The standard InChI is InChI=1S/C36H34Si2/c1-7-35(3,4)37-19-17-31-29-15-11-12-16-30(29)32(18-20-38-36(5,6)8-2)34-24-28-22-26-14-10-9-13-25(26)21-27(28)23-33(31)34/h9-16,21-24H,7-8H2,1-6H3. The summed E-state index contributed by atoms with van der Waals surface area (Å²) in [5, 5.41) is 10.3. The van der Waals surface area contributed by atoms with Gasteiger partial charge in [-0.3, -0.25) is 0 Å². The molecule has 0 bridgehead atoms. The lowest BCUT2D eigenvalue weighted by Crippen LogP contribution is -2.09. The van der Waals surface area contributed by atoms with E-state index in [1.54, 1.807) is 0 Å². The van der Waals surface area contributed by atoms with E-state index in [1.807, 2.05) is 0 Å². The van der Waals surface area contributed by atoms with Crippen LogP contribution in [-0.4, -0.2) is 19.0 Å². The minimum Gasteiger partial charge on any atom is -0.130 e. The van der Waals surface area contributed by atoms with Gasteiger partial charge in [-0.1, -0.05) is 115 Å². The second-order valence-electron chi connectivity index (χ2n) is 11.5. The van der Waals surface area contributed by atoms with Gasteiger partial charge in [0.2, 0.25) is 0 Å². The minimum absolute atomic E-state index is 0.239. The Morgan fingerprint density at radius 3 is 1.32 bits per heavy atom. The number of fused-ring (bicyclic) bond motifs is 4. The summed E-state index contributed by atoms with van der Waals surface area (Å²) in [4.78, 5) is 0. The zero-order valence-corrected chi connectivity index (χ0v) is 25.3. The predicted octanol–water partition coefficient (Wildman–Crippen LogP) is 9.54. The largest absolute Gasteiger partial charge is 0.154 e. The molecule has 0 saturated heterocycles. The van der Waals surface area contributed by atoms with Crippen LogP contribution < -0.4 is 0 Å². The topological polar surface area (TPSA) is 0 Å². The van der Waals surface area contributed by atoms with E-state index >= 15 is 0 Å². The number of hydrogen-bond donors (Lipinski definition) is 0. The molecule has 0 N–H and O–H groups in total. The Bertz CT molecular complexity index is 1670. The van der Waals surface area contributed by atoms with Crippen LogP contribution >= 0.6 is 0 Å². The summed E-state index contributed by atoms with van der Waals surface area (Å²) in [6.07, 6.45) is 2.26. The summed E-state index contributed by atoms with van der Waals surface area (Å²) in [7, 11) is 1.20. The summed E-state index contributed by atoms with van der Waals surface area (Å²) in [6.45, 7) is 13.8. The molecule has 0 aliphatic carbocycles. The predicted molar refractivity (Wildman–Crippen MR) is 170 cm³/mol. The second kappa shape index (κ2) is 10.5. The highest BCUT2D eigenvalue weighted by atomic mass is 28.2. The van der Waals surface area contributed by atoms with Crippen molar-refractivity contribution in [3.05, 3.63) is 83.9 Å². The Kier molecular flexibility index (Phi) is 7.24. The zero-order valence-electron chi connectivity index (χ0n) is 23.3. The Balaban J connectivity index is 1.84. The van der Waals surface area contributed by atoms with Gasteiger partial charge in [0.05, 0.1) is 0 Å². The summed E-state index contributed by atoms with van der Waals surface area (Å²) >= 11 is 0. The van der Waals surface area contributed by atoms with Gasteiger partial charge in [-0.15, -0.1) is 11.1 Å². The summed E-state index contributed by atoms with van der Waals surface area (Å²) in [6, 6.07) is 26.7. The first kappa shape index (κ1) is 26.3. The third kappa shape index (κ3) is 5.30. The molecule has 38 heavy (non-hydrogen) atoms. The molecular formula is C36H34Si2. The van der Waals surface area contributed by atoms with Crippen molar-refractivity contribution in [2.24, 2.45) is 0 Å². The molecule has 0 saturated carbocycles. The van der Waals surface area contributed by atoms with Gasteiger partial charge in [-0.05, 0) is 77.4 Å². The van der Waals surface area contributed by atoms with E-state index in [2.05, 4.69) is 137 Å². The average Bonchev–Trinajstić information content (AvgIpc) is 2.92. The van der Waals surface area contributed by atoms with Gasteiger partial charge in [-0.2, -0.15) is 0 Å². The molecule has 0 nitrogen and oxygen atoms in total.